The van der Waals surface area contributed by atoms with Crippen molar-refractivity contribution in [1.29, 1.82) is 0 Å². The molecule has 0 heterocycles. The average Bonchev–Trinajstić information content (AvgIpc) is 1.61. The van der Waals surface area contributed by atoms with Gasteiger partial charge >= 0.3 is 0 Å². The summed E-state index contributed by atoms with van der Waals surface area (Å²) < 4.78 is 24.0. The summed E-state index contributed by atoms with van der Waals surface area (Å²) >= 11 is 3.47. The van der Waals surface area contributed by atoms with Crippen molar-refractivity contribution >= 4 is 20.2 Å². The summed E-state index contributed by atoms with van der Waals surface area (Å²) in [6.45, 7) is 0.472. The molecule has 0 atom stereocenters. The summed E-state index contributed by atoms with van der Waals surface area (Å²) in [5, 5.41) is 7.75. The first-order chi connectivity index (χ1) is 3.91. The van der Waals surface area contributed by atoms with Crippen LogP contribution in [0, 0.1) is 0 Å². The topological polar surface area (TPSA) is 104 Å². The third kappa shape index (κ3) is 216. The van der Waals surface area contributed by atoms with Gasteiger partial charge in [-0.05, 0) is 0 Å². The zero-order valence-electron chi connectivity index (χ0n) is 4.56. The van der Waals surface area contributed by atoms with Crippen LogP contribution >= 0.6 is 0 Å². The predicted octanol–water partition coefficient (Wildman–Crippen LogP) is -1.38. The molecule has 0 spiro atoms. The van der Waals surface area contributed by atoms with Gasteiger partial charge in [-0.1, -0.05) is 0 Å². The molecule has 0 amide bonds. The summed E-state index contributed by atoms with van der Waals surface area (Å²) in [6, 6.07) is 0. The highest BCUT2D eigenvalue weighted by Crippen LogP contribution is 1.62. The lowest BCUT2D eigenvalue weighted by atomic mass is 10.8. The Bertz CT molecular complexity index is 120. The van der Waals surface area contributed by atoms with E-state index in [0.717, 1.165) is 0 Å². The zero-order chi connectivity index (χ0) is 7.91. The molecule has 7 heteroatoms. The van der Waals surface area contributed by atoms with Gasteiger partial charge in [-0.3, -0.25) is 9.11 Å². The maximum atomic E-state index is 9.11. The van der Waals surface area contributed by atoms with Crippen molar-refractivity contribution in [2.24, 2.45) is 5.73 Å². The van der Waals surface area contributed by atoms with E-state index in [2.05, 4.69) is 11.2 Å². The normalized spacial score (nSPS) is 9.78. The summed E-state index contributed by atoms with van der Waals surface area (Å²) in [7, 11) is -3.83. The summed E-state index contributed by atoms with van der Waals surface area (Å²) in [5.41, 5.74) is 4.78. The Morgan fingerprint density at radius 3 is 1.67 bits per heavy atom. The van der Waals surface area contributed by atoms with Gasteiger partial charge in [0, 0.05) is 17.7 Å². The van der Waals surface area contributed by atoms with Gasteiger partial charge in [0.25, 0.3) is 9.05 Å². The predicted molar refractivity (Wildman–Crippen MR) is 36.9 cm³/mol. The molecule has 0 bridgehead atoms. The molecule has 0 radical (unpaired) electrons. The lowest BCUT2D eigenvalue weighted by Crippen LogP contribution is -2.02. The van der Waals surface area contributed by atoms with Crippen molar-refractivity contribution < 1.29 is 18.4 Å². The van der Waals surface area contributed by atoms with Gasteiger partial charge in [0.15, 0.2) is 0 Å². The molecule has 0 aromatic heterocycles. The van der Waals surface area contributed by atoms with Crippen molar-refractivity contribution in [3.8, 4) is 0 Å². The standard InChI is InChI=1S/C2H7NO.H2O3S2/c3-1-2-4;1-5(2,3)4/h4H,1-3H2;(H2,1,2,3,4). The van der Waals surface area contributed by atoms with E-state index in [1.54, 1.807) is 0 Å². The zero-order valence-corrected chi connectivity index (χ0v) is 6.19. The molecule has 0 fully saturated rings. The number of rotatable bonds is 1. The van der Waals surface area contributed by atoms with Crippen LogP contribution in [0.5, 0.6) is 0 Å². The largest absolute Gasteiger partial charge is 0.395 e. The number of aliphatic hydroxyl groups is 1. The lowest BCUT2D eigenvalue weighted by Gasteiger charge is -1.73. The maximum absolute atomic E-state index is 9.11. The first-order valence-corrected chi connectivity index (χ1v) is 4.32. The van der Waals surface area contributed by atoms with Crippen molar-refractivity contribution in [3.05, 3.63) is 0 Å². The fourth-order valence-corrected chi connectivity index (χ4v) is 0. The minimum atomic E-state index is -3.83. The molecule has 0 aliphatic rings. The van der Waals surface area contributed by atoms with Gasteiger partial charge in [0.1, 0.15) is 0 Å². The second-order valence-corrected chi connectivity index (χ2v) is 3.16. The Labute approximate surface area is 58.2 Å². The molecular weight excluding hydrogens is 166 g/mol. The van der Waals surface area contributed by atoms with Crippen LogP contribution in [-0.4, -0.2) is 31.6 Å². The third-order valence-corrected chi connectivity index (χ3v) is 0.129. The smallest absolute Gasteiger partial charge is 0.263 e. The quantitative estimate of drug-likeness (QED) is 0.391. The van der Waals surface area contributed by atoms with Crippen LogP contribution in [-0.2, 0) is 20.2 Å². The summed E-state index contributed by atoms with van der Waals surface area (Å²) in [4.78, 5) is 0. The Morgan fingerprint density at radius 1 is 1.56 bits per heavy atom. The van der Waals surface area contributed by atoms with Crippen LogP contribution in [0.2, 0.25) is 0 Å². The van der Waals surface area contributed by atoms with Gasteiger partial charge in [0.05, 0.1) is 6.61 Å². The van der Waals surface area contributed by atoms with E-state index in [9.17, 15) is 0 Å². The van der Waals surface area contributed by atoms with Crippen LogP contribution in [0.1, 0.15) is 0 Å². The molecule has 0 aromatic rings. The van der Waals surface area contributed by atoms with Crippen molar-refractivity contribution in [2.45, 2.75) is 0 Å². The Kier molecular flexibility index (Phi) is 8.40. The minimum Gasteiger partial charge on any atom is -0.395 e. The molecular formula is C2H9NO4S2. The van der Waals surface area contributed by atoms with Crippen LogP contribution in [0.25, 0.3) is 0 Å². The molecule has 5 nitrogen and oxygen atoms in total. The van der Waals surface area contributed by atoms with Crippen LogP contribution in [0.15, 0.2) is 0 Å². The highest BCUT2D eigenvalue weighted by molar-refractivity contribution is 8.26. The number of aliphatic hydroxyl groups excluding tert-OH is 1. The van der Waals surface area contributed by atoms with E-state index in [1.807, 2.05) is 0 Å². The van der Waals surface area contributed by atoms with Crippen LogP contribution in [0.3, 0.4) is 0 Å². The first-order valence-electron chi connectivity index (χ1n) is 1.92. The monoisotopic (exact) mass is 175 g/mol. The van der Waals surface area contributed by atoms with Gasteiger partial charge < -0.3 is 10.8 Å². The van der Waals surface area contributed by atoms with E-state index >= 15 is 0 Å². The van der Waals surface area contributed by atoms with Gasteiger partial charge in [-0.15, -0.1) is 0 Å². The van der Waals surface area contributed by atoms with Crippen LogP contribution in [0.4, 0.5) is 0 Å². The molecule has 0 rings (SSSR count). The Balaban J connectivity index is 0. The minimum absolute atomic E-state index is 0.0972. The van der Waals surface area contributed by atoms with Crippen molar-refractivity contribution in [1.82, 2.24) is 0 Å². The van der Waals surface area contributed by atoms with Gasteiger partial charge in [-0.2, -0.15) is 4.21 Å². The SMILES string of the molecule is NCCO.O=S(O)(O)=S. The number of hydrogen-bond donors (Lipinski definition) is 4. The fraction of sp³-hybridized carbons (Fsp3) is 1.00. The van der Waals surface area contributed by atoms with Gasteiger partial charge in [0.2, 0.25) is 0 Å². The molecule has 0 aromatic carbocycles. The van der Waals surface area contributed by atoms with Crippen molar-refractivity contribution in [2.75, 3.05) is 13.2 Å². The molecule has 9 heavy (non-hydrogen) atoms. The van der Waals surface area contributed by atoms with Crippen molar-refractivity contribution in [3.63, 3.8) is 0 Å². The molecule has 0 saturated heterocycles. The molecule has 5 N–H and O–H groups in total. The highest BCUT2D eigenvalue weighted by Gasteiger charge is 1.78. The molecule has 58 valence electrons. The van der Waals surface area contributed by atoms with E-state index in [-0.39, 0.29) is 6.61 Å². The summed E-state index contributed by atoms with van der Waals surface area (Å²) in [5.74, 6) is 0. The second-order valence-electron chi connectivity index (χ2n) is 0.960. The van der Waals surface area contributed by atoms with E-state index in [1.165, 1.54) is 0 Å². The first kappa shape index (κ1) is 11.9. The molecule has 0 unspecified atom stereocenters. The van der Waals surface area contributed by atoms with Crippen LogP contribution < -0.4 is 5.73 Å². The molecule has 0 aliphatic carbocycles. The Hall–Kier alpha value is 0.210. The molecule has 0 aliphatic heterocycles. The number of nitrogens with two attached hydrogens (primary N) is 1. The van der Waals surface area contributed by atoms with E-state index in [0.29, 0.717) is 6.54 Å². The lowest BCUT2D eigenvalue weighted by molar-refractivity contribution is 0.306. The molecule has 0 saturated carbocycles. The average molecular weight is 175 g/mol. The third-order valence-electron chi connectivity index (χ3n) is 0.129. The highest BCUT2D eigenvalue weighted by atomic mass is 32.9. The fourth-order valence-electron chi connectivity index (χ4n) is 0. The Morgan fingerprint density at radius 2 is 1.67 bits per heavy atom. The number of hydrogen-bond acceptors (Lipinski definition) is 4. The second kappa shape index (κ2) is 6.33. The maximum Gasteiger partial charge on any atom is 0.263 e. The van der Waals surface area contributed by atoms with Gasteiger partial charge in [-0.25, -0.2) is 0 Å². The summed E-state index contributed by atoms with van der Waals surface area (Å²) in [6.07, 6.45) is 0. The van der Waals surface area contributed by atoms with E-state index < -0.39 is 9.05 Å². The van der Waals surface area contributed by atoms with E-state index in [4.69, 9.17) is 24.2 Å².